The third-order valence-corrected chi connectivity index (χ3v) is 10.0. The molecule has 4 nitrogen and oxygen atoms in total. The van der Waals surface area contributed by atoms with Gasteiger partial charge in [0, 0.05) is 39.2 Å². The Morgan fingerprint density at radius 2 is 1.00 bits per heavy atom. The van der Waals surface area contributed by atoms with Crippen molar-refractivity contribution in [1.82, 2.24) is 19.9 Å². The van der Waals surface area contributed by atoms with Crippen LogP contribution in [-0.2, 0) is 0 Å². The van der Waals surface area contributed by atoms with Crippen LogP contribution in [0.1, 0.15) is 0 Å². The summed E-state index contributed by atoms with van der Waals surface area (Å²) in [5.41, 5.74) is 12.0. The summed E-state index contributed by atoms with van der Waals surface area (Å²) in [6.45, 7) is 0. The Hall–Kier alpha value is -6.30. The topological polar surface area (TPSA) is 51.6 Å². The number of pyridine rings is 4. The molecule has 9 rings (SSSR count). The fourth-order valence-electron chi connectivity index (χ4n) is 6.51. The van der Waals surface area contributed by atoms with Gasteiger partial charge in [0.1, 0.15) is 0 Å². The molecule has 0 aliphatic heterocycles. The SMILES string of the molecule is c1ccc(-c2sc3c(-c4cccc(-c5cc(-c6ccccn6)nc(-c6ccccn6)c5)c4)nc4ccccc4c3c2-c2ccccc2)cc1. The molecule has 5 aromatic heterocycles. The minimum Gasteiger partial charge on any atom is -0.255 e. The Balaban J connectivity index is 1.29. The van der Waals surface area contributed by atoms with Gasteiger partial charge < -0.3 is 0 Å². The number of rotatable bonds is 6. The third kappa shape index (κ3) is 5.36. The van der Waals surface area contributed by atoms with Gasteiger partial charge >= 0.3 is 0 Å². The second-order valence-electron chi connectivity index (χ2n) is 11.9. The van der Waals surface area contributed by atoms with Gasteiger partial charge in [0.25, 0.3) is 0 Å². The maximum absolute atomic E-state index is 5.36. The van der Waals surface area contributed by atoms with E-state index >= 15 is 0 Å². The molecule has 0 amide bonds. The summed E-state index contributed by atoms with van der Waals surface area (Å²) < 4.78 is 1.17. The lowest BCUT2D eigenvalue weighted by atomic mass is 9.95. The molecule has 0 aliphatic rings. The lowest BCUT2D eigenvalue weighted by Gasteiger charge is -2.12. The molecular weight excluding hydrogens is 617 g/mol. The first-order chi connectivity index (χ1) is 24.3. The van der Waals surface area contributed by atoms with Crippen molar-refractivity contribution in [1.29, 1.82) is 0 Å². The van der Waals surface area contributed by atoms with Crippen molar-refractivity contribution in [2.24, 2.45) is 0 Å². The van der Waals surface area contributed by atoms with E-state index in [-0.39, 0.29) is 0 Å². The highest BCUT2D eigenvalue weighted by molar-refractivity contribution is 7.23. The Morgan fingerprint density at radius 1 is 0.408 bits per heavy atom. The smallest absolute Gasteiger partial charge is 0.0900 e. The monoisotopic (exact) mass is 644 g/mol. The predicted octanol–water partition coefficient (Wildman–Crippen LogP) is 11.6. The van der Waals surface area contributed by atoms with E-state index < -0.39 is 0 Å². The third-order valence-electron chi connectivity index (χ3n) is 8.78. The molecule has 0 unspecified atom stereocenters. The van der Waals surface area contributed by atoms with Crippen LogP contribution in [0.3, 0.4) is 0 Å². The van der Waals surface area contributed by atoms with Gasteiger partial charge in [-0.05, 0) is 70.8 Å². The standard InChI is InChI=1S/C44H28N4S/c1-3-14-29(15-4-1)40-41-34-20-7-8-21-35(34)48-42(44(41)49-43(40)30-16-5-2-6-17-30)32-19-13-18-31(26-32)33-27-38(36-22-9-11-24-45-36)47-39(28-33)37-23-10-12-25-46-37/h1-28H. The lowest BCUT2D eigenvalue weighted by Crippen LogP contribution is -1.94. The van der Waals surface area contributed by atoms with Crippen LogP contribution < -0.4 is 0 Å². The quantitative estimate of drug-likeness (QED) is 0.181. The zero-order chi connectivity index (χ0) is 32.6. The van der Waals surface area contributed by atoms with E-state index in [0.29, 0.717) is 0 Å². The lowest BCUT2D eigenvalue weighted by molar-refractivity contribution is 1.22. The molecular formula is C44H28N4S. The molecule has 4 aromatic carbocycles. The van der Waals surface area contributed by atoms with Crippen molar-refractivity contribution in [2.75, 3.05) is 0 Å². The average Bonchev–Trinajstić information content (AvgIpc) is 3.60. The number of benzene rings is 4. The highest BCUT2D eigenvalue weighted by atomic mass is 32.1. The predicted molar refractivity (Wildman–Crippen MR) is 203 cm³/mol. The van der Waals surface area contributed by atoms with E-state index in [2.05, 4.69) is 131 Å². The van der Waals surface area contributed by atoms with E-state index in [4.69, 9.17) is 9.97 Å². The average molecular weight is 645 g/mol. The van der Waals surface area contributed by atoms with Gasteiger partial charge in [0.15, 0.2) is 0 Å². The first-order valence-corrected chi connectivity index (χ1v) is 17.0. The van der Waals surface area contributed by atoms with Crippen molar-refractivity contribution >= 4 is 32.3 Å². The van der Waals surface area contributed by atoms with Crippen molar-refractivity contribution in [2.45, 2.75) is 0 Å². The summed E-state index contributed by atoms with van der Waals surface area (Å²) >= 11 is 1.82. The molecule has 5 heterocycles. The summed E-state index contributed by atoms with van der Waals surface area (Å²) in [7, 11) is 0. The van der Waals surface area contributed by atoms with Gasteiger partial charge in [-0.3, -0.25) is 9.97 Å². The number of fused-ring (bicyclic) bond motifs is 3. The molecule has 49 heavy (non-hydrogen) atoms. The van der Waals surface area contributed by atoms with Crippen molar-refractivity contribution in [3.63, 3.8) is 0 Å². The summed E-state index contributed by atoms with van der Waals surface area (Å²) in [6.07, 6.45) is 3.60. The Kier molecular flexibility index (Phi) is 7.30. The molecule has 0 aliphatic carbocycles. The summed E-state index contributed by atoms with van der Waals surface area (Å²) in [6, 6.07) is 54.7. The largest absolute Gasteiger partial charge is 0.255 e. The highest BCUT2D eigenvalue weighted by Crippen LogP contribution is 2.50. The minimum absolute atomic E-state index is 0.800. The molecule has 0 saturated carbocycles. The fourth-order valence-corrected chi connectivity index (χ4v) is 7.87. The van der Waals surface area contributed by atoms with Crippen LogP contribution in [0, 0.1) is 0 Å². The molecule has 0 bridgehead atoms. The number of aromatic nitrogens is 4. The first kappa shape index (κ1) is 28.9. The second-order valence-corrected chi connectivity index (χ2v) is 12.9. The van der Waals surface area contributed by atoms with Gasteiger partial charge in [-0.1, -0.05) is 109 Å². The van der Waals surface area contributed by atoms with E-state index in [1.54, 1.807) is 12.4 Å². The zero-order valence-electron chi connectivity index (χ0n) is 26.4. The van der Waals surface area contributed by atoms with Crippen LogP contribution >= 0.6 is 11.3 Å². The Labute approximate surface area is 288 Å². The molecule has 0 radical (unpaired) electrons. The molecule has 0 fully saturated rings. The van der Waals surface area contributed by atoms with Gasteiger partial charge in [0.05, 0.1) is 38.7 Å². The minimum atomic E-state index is 0.800. The van der Waals surface area contributed by atoms with Crippen LogP contribution in [0.25, 0.3) is 87.7 Å². The van der Waals surface area contributed by atoms with Crippen molar-refractivity contribution < 1.29 is 0 Å². The summed E-state index contributed by atoms with van der Waals surface area (Å²) in [5, 5.41) is 2.39. The van der Waals surface area contributed by atoms with Crippen molar-refractivity contribution in [3.8, 4) is 66.7 Å². The van der Waals surface area contributed by atoms with Gasteiger partial charge in [-0.15, -0.1) is 11.3 Å². The van der Waals surface area contributed by atoms with Gasteiger partial charge in [-0.25, -0.2) is 9.97 Å². The fraction of sp³-hybridized carbons (Fsp3) is 0. The Morgan fingerprint density at radius 3 is 1.67 bits per heavy atom. The van der Waals surface area contributed by atoms with E-state index in [1.807, 2.05) is 47.7 Å². The molecule has 0 spiro atoms. The molecule has 5 heteroatoms. The normalized spacial score (nSPS) is 11.3. The Bertz CT molecular complexity index is 2530. The van der Waals surface area contributed by atoms with Crippen LogP contribution in [0.4, 0.5) is 0 Å². The van der Waals surface area contributed by atoms with E-state index in [0.717, 1.165) is 56.1 Å². The van der Waals surface area contributed by atoms with Crippen LogP contribution in [0.15, 0.2) is 170 Å². The first-order valence-electron chi connectivity index (χ1n) is 16.2. The molecule has 230 valence electrons. The highest BCUT2D eigenvalue weighted by Gasteiger charge is 2.22. The summed E-state index contributed by atoms with van der Waals surface area (Å²) in [4.78, 5) is 20.8. The van der Waals surface area contributed by atoms with E-state index in [1.165, 1.54) is 31.7 Å². The van der Waals surface area contributed by atoms with Gasteiger partial charge in [-0.2, -0.15) is 0 Å². The van der Waals surface area contributed by atoms with Gasteiger partial charge in [0.2, 0.25) is 0 Å². The maximum Gasteiger partial charge on any atom is 0.0900 e. The molecule has 0 saturated heterocycles. The second kappa shape index (κ2) is 12.4. The van der Waals surface area contributed by atoms with Crippen LogP contribution in [-0.4, -0.2) is 19.9 Å². The van der Waals surface area contributed by atoms with E-state index in [9.17, 15) is 0 Å². The van der Waals surface area contributed by atoms with Crippen molar-refractivity contribution in [3.05, 3.63) is 170 Å². The molecule has 0 atom stereocenters. The number of hydrogen-bond acceptors (Lipinski definition) is 5. The zero-order valence-corrected chi connectivity index (χ0v) is 27.2. The number of thiophene rings is 1. The summed E-state index contributed by atoms with van der Waals surface area (Å²) in [5.74, 6) is 0. The molecule has 0 N–H and O–H groups in total. The number of para-hydroxylation sites is 1. The molecule has 9 aromatic rings. The van der Waals surface area contributed by atoms with Crippen LogP contribution in [0.2, 0.25) is 0 Å². The number of nitrogens with zero attached hydrogens (tertiary/aromatic N) is 4. The maximum atomic E-state index is 5.36. The van der Waals surface area contributed by atoms with Crippen LogP contribution in [0.5, 0.6) is 0 Å². The number of hydrogen-bond donors (Lipinski definition) is 0.